The van der Waals surface area contributed by atoms with Gasteiger partial charge in [-0.05, 0) is 18.3 Å². The van der Waals surface area contributed by atoms with Crippen LogP contribution in [0.5, 0.6) is 0 Å². The van der Waals surface area contributed by atoms with Gasteiger partial charge in [0, 0.05) is 0 Å². The Hall–Kier alpha value is -0.750. The molecule has 0 atom stereocenters. The maximum absolute atomic E-state index is 7.99. The summed E-state index contributed by atoms with van der Waals surface area (Å²) < 4.78 is 0. The predicted molar refractivity (Wildman–Crippen MR) is 80.3 cm³/mol. The summed E-state index contributed by atoms with van der Waals surface area (Å²) in [5, 5.41) is 7.99. The van der Waals surface area contributed by atoms with E-state index in [9.17, 15) is 0 Å². The van der Waals surface area contributed by atoms with Gasteiger partial charge in [0.15, 0.2) is 0 Å². The molecule has 0 aromatic carbocycles. The zero-order chi connectivity index (χ0) is 14.9. The summed E-state index contributed by atoms with van der Waals surface area (Å²) in [4.78, 5) is 8.66. The fourth-order valence-corrected chi connectivity index (χ4v) is 1.31. The first-order chi connectivity index (χ1) is 9.04. The molecule has 0 spiro atoms. The van der Waals surface area contributed by atoms with Crippen LogP contribution in [0.3, 0.4) is 0 Å². The van der Waals surface area contributed by atoms with Gasteiger partial charge in [0.05, 0.1) is 6.61 Å². The van der Waals surface area contributed by atoms with E-state index < -0.39 is 0 Å². The average molecular weight is 271 g/mol. The highest BCUT2D eigenvalue weighted by molar-refractivity contribution is 4.48. The lowest BCUT2D eigenvalue weighted by molar-refractivity contribution is -0.239. The van der Waals surface area contributed by atoms with Crippen LogP contribution in [0.4, 0.5) is 0 Å². The zero-order valence-electron chi connectivity index (χ0n) is 13.6. The monoisotopic (exact) mass is 271 g/mol. The second-order valence-corrected chi connectivity index (χ2v) is 5.75. The molecule has 3 nitrogen and oxygen atoms in total. The lowest BCUT2D eigenvalue weighted by Gasteiger charge is -2.03. The Balaban J connectivity index is 0. The highest BCUT2D eigenvalue weighted by Crippen LogP contribution is 2.10. The second-order valence-electron chi connectivity index (χ2n) is 5.75. The van der Waals surface area contributed by atoms with E-state index in [-0.39, 0.29) is 0 Å². The summed E-state index contributed by atoms with van der Waals surface area (Å²) >= 11 is 0. The Bertz CT molecular complexity index is 197. The van der Waals surface area contributed by atoms with Crippen molar-refractivity contribution in [1.29, 1.82) is 5.26 Å². The maximum Gasteiger partial charge on any atom is 0.324 e. The van der Waals surface area contributed by atoms with Gasteiger partial charge in [-0.25, -0.2) is 0 Å². The van der Waals surface area contributed by atoms with Gasteiger partial charge >= 0.3 is 6.26 Å². The highest BCUT2D eigenvalue weighted by Gasteiger charge is 1.95. The van der Waals surface area contributed by atoms with E-state index in [1.54, 1.807) is 0 Å². The third-order valence-corrected chi connectivity index (χ3v) is 2.92. The second kappa shape index (κ2) is 17.2. The molecule has 3 heteroatoms. The first-order valence-electron chi connectivity index (χ1n) is 7.72. The van der Waals surface area contributed by atoms with Crippen LogP contribution in [0, 0.1) is 23.4 Å². The van der Waals surface area contributed by atoms with E-state index in [4.69, 9.17) is 5.26 Å². The van der Waals surface area contributed by atoms with Crippen LogP contribution in [0.1, 0.15) is 79.6 Å². The van der Waals surface area contributed by atoms with Crippen LogP contribution in [0.2, 0.25) is 0 Å². The number of hydrogen-bond donors (Lipinski definition) is 0. The molecule has 0 saturated heterocycles. The Kier molecular flexibility index (Phi) is 18.7. The molecule has 0 rings (SSSR count). The Morgan fingerprint density at radius 2 is 1.42 bits per heavy atom. The lowest BCUT2D eigenvalue weighted by atomic mass is 10.0. The third-order valence-electron chi connectivity index (χ3n) is 2.92. The summed E-state index contributed by atoms with van der Waals surface area (Å²) in [6.07, 6.45) is 10.1. The smallest absolute Gasteiger partial charge is 0.254 e. The number of nitriles is 1. The maximum atomic E-state index is 7.99. The van der Waals surface area contributed by atoms with Crippen LogP contribution in [0.15, 0.2) is 0 Å². The fraction of sp³-hybridized carbons (Fsp3) is 0.938. The van der Waals surface area contributed by atoms with Crippen molar-refractivity contribution in [3.63, 3.8) is 0 Å². The molecule has 0 aromatic rings. The minimum atomic E-state index is 0.526. The van der Waals surface area contributed by atoms with Crippen molar-refractivity contribution < 1.29 is 9.78 Å². The standard InChI is InChI=1S/C11H21NO2.C5H12/c1-11(2)8-6-4-3-5-7-9-13-14-10-12;1-4-5(2)3/h11H,3-9H2,1-2H3;5H,4H2,1-3H3. The Morgan fingerprint density at radius 1 is 0.895 bits per heavy atom. The molecule has 0 N–H and O–H groups in total. The van der Waals surface area contributed by atoms with Crippen LogP contribution in [-0.2, 0) is 9.78 Å². The number of hydrogen-bond acceptors (Lipinski definition) is 3. The number of rotatable bonds is 10. The van der Waals surface area contributed by atoms with Crippen molar-refractivity contribution in [2.24, 2.45) is 11.8 Å². The largest absolute Gasteiger partial charge is 0.324 e. The first kappa shape index (κ1) is 20.6. The van der Waals surface area contributed by atoms with Crippen LogP contribution in [0.25, 0.3) is 0 Å². The molecule has 114 valence electrons. The van der Waals surface area contributed by atoms with E-state index in [2.05, 4.69) is 44.4 Å². The van der Waals surface area contributed by atoms with E-state index in [0.717, 1.165) is 24.7 Å². The first-order valence-corrected chi connectivity index (χ1v) is 7.72. The highest BCUT2D eigenvalue weighted by atomic mass is 17.2. The van der Waals surface area contributed by atoms with Crippen LogP contribution >= 0.6 is 0 Å². The summed E-state index contributed by atoms with van der Waals surface area (Å²) in [6, 6.07) is 0. The minimum absolute atomic E-state index is 0.526. The van der Waals surface area contributed by atoms with E-state index >= 15 is 0 Å². The number of unbranched alkanes of at least 4 members (excludes halogenated alkanes) is 4. The summed E-state index contributed by atoms with van der Waals surface area (Å²) in [5.74, 6) is 1.71. The Morgan fingerprint density at radius 3 is 1.89 bits per heavy atom. The van der Waals surface area contributed by atoms with Gasteiger partial charge in [-0.2, -0.15) is 4.89 Å². The number of nitrogens with zero attached hydrogens (tertiary/aromatic N) is 1. The van der Waals surface area contributed by atoms with E-state index in [0.29, 0.717) is 6.61 Å². The van der Waals surface area contributed by atoms with Gasteiger partial charge < -0.3 is 0 Å². The molecule has 19 heavy (non-hydrogen) atoms. The molecule has 0 saturated carbocycles. The molecule has 0 amide bonds. The van der Waals surface area contributed by atoms with Crippen LogP contribution in [-0.4, -0.2) is 6.61 Å². The molecule has 0 heterocycles. The van der Waals surface area contributed by atoms with Gasteiger partial charge in [0.2, 0.25) is 0 Å². The average Bonchev–Trinajstić information content (AvgIpc) is 2.37. The molecule has 0 unspecified atom stereocenters. The van der Waals surface area contributed by atoms with Crippen LogP contribution < -0.4 is 0 Å². The zero-order valence-corrected chi connectivity index (χ0v) is 13.6. The lowest BCUT2D eigenvalue weighted by Crippen LogP contribution is -1.92. The van der Waals surface area contributed by atoms with E-state index in [1.165, 1.54) is 38.4 Å². The van der Waals surface area contributed by atoms with Gasteiger partial charge in [0.25, 0.3) is 0 Å². The SMILES string of the molecule is CC(C)CCCCCCCOOC#N.CCC(C)C. The van der Waals surface area contributed by atoms with Gasteiger partial charge in [-0.3, -0.25) is 4.89 Å². The molecule has 0 aliphatic rings. The summed E-state index contributed by atoms with van der Waals surface area (Å²) in [5.41, 5.74) is 0. The molecule has 0 aliphatic carbocycles. The molecule has 0 radical (unpaired) electrons. The van der Waals surface area contributed by atoms with Crippen molar-refractivity contribution in [3.05, 3.63) is 0 Å². The minimum Gasteiger partial charge on any atom is -0.254 e. The molecule has 0 bridgehead atoms. The molecule has 0 aromatic heterocycles. The predicted octanol–water partition coefficient (Wildman–Crippen LogP) is 5.46. The summed E-state index contributed by atoms with van der Waals surface area (Å²) in [7, 11) is 0. The molecule has 0 aliphatic heterocycles. The van der Waals surface area contributed by atoms with Crippen molar-refractivity contribution >= 4 is 0 Å². The molecule has 0 fully saturated rings. The Labute approximate surface area is 120 Å². The third kappa shape index (κ3) is 26.7. The molecular formula is C16H33NO2. The van der Waals surface area contributed by atoms with Crippen molar-refractivity contribution in [2.75, 3.05) is 6.61 Å². The summed E-state index contributed by atoms with van der Waals surface area (Å²) in [6.45, 7) is 11.7. The van der Waals surface area contributed by atoms with Gasteiger partial charge in [0.1, 0.15) is 0 Å². The van der Waals surface area contributed by atoms with Gasteiger partial charge in [-0.1, -0.05) is 73.1 Å². The van der Waals surface area contributed by atoms with Crippen molar-refractivity contribution in [2.45, 2.75) is 79.6 Å². The normalized spacial score (nSPS) is 10.0. The molecular weight excluding hydrogens is 238 g/mol. The van der Waals surface area contributed by atoms with Crippen molar-refractivity contribution in [1.82, 2.24) is 0 Å². The van der Waals surface area contributed by atoms with Gasteiger partial charge in [-0.15, -0.1) is 5.26 Å². The van der Waals surface area contributed by atoms with Crippen molar-refractivity contribution in [3.8, 4) is 6.26 Å². The topological polar surface area (TPSA) is 42.2 Å². The quantitative estimate of drug-likeness (QED) is 0.229. The fourth-order valence-electron chi connectivity index (χ4n) is 1.31. The van der Waals surface area contributed by atoms with E-state index in [1.807, 2.05) is 0 Å².